The molecule has 4 rings (SSSR count). The number of likely N-dealkylation sites (tertiary alicyclic amines) is 1. The number of rotatable bonds is 4. The van der Waals surface area contributed by atoms with Gasteiger partial charge >= 0.3 is 0 Å². The fourth-order valence-corrected chi connectivity index (χ4v) is 3.63. The van der Waals surface area contributed by atoms with Crippen molar-refractivity contribution < 1.29 is 14.1 Å². The van der Waals surface area contributed by atoms with Gasteiger partial charge in [-0.05, 0) is 31.4 Å². The number of hydrogen-bond donors (Lipinski definition) is 0. The van der Waals surface area contributed by atoms with Crippen LogP contribution < -0.4 is 9.64 Å². The number of piperidine rings is 1. The summed E-state index contributed by atoms with van der Waals surface area (Å²) in [6.45, 7) is 6.65. The predicted octanol–water partition coefficient (Wildman–Crippen LogP) is 2.97. The molecule has 7 heteroatoms. The molecule has 1 saturated heterocycles. The monoisotopic (exact) mass is 370 g/mol. The molecule has 2 aliphatic heterocycles. The van der Waals surface area contributed by atoms with Crippen LogP contribution in [0.4, 0.5) is 5.69 Å². The Balaban J connectivity index is 1.55. The molecule has 1 amide bonds. The highest BCUT2D eigenvalue weighted by Gasteiger charge is 2.34. The molecule has 7 nitrogen and oxygen atoms in total. The summed E-state index contributed by atoms with van der Waals surface area (Å²) in [5.41, 5.74) is 0.949. The number of aromatic nitrogens is 2. The van der Waals surface area contributed by atoms with Gasteiger partial charge < -0.3 is 19.1 Å². The van der Waals surface area contributed by atoms with E-state index in [0.29, 0.717) is 24.8 Å². The normalized spacial score (nSPS) is 19.7. The van der Waals surface area contributed by atoms with Crippen molar-refractivity contribution in [2.45, 2.75) is 51.7 Å². The van der Waals surface area contributed by atoms with E-state index in [1.807, 2.05) is 43.0 Å². The molecular formula is C20H26N4O3. The van der Waals surface area contributed by atoms with Gasteiger partial charge in [0.05, 0.1) is 18.8 Å². The molecule has 1 fully saturated rings. The van der Waals surface area contributed by atoms with Gasteiger partial charge in [-0.1, -0.05) is 31.1 Å². The van der Waals surface area contributed by atoms with E-state index >= 15 is 0 Å². The number of benzene rings is 1. The van der Waals surface area contributed by atoms with Crippen LogP contribution in [0, 0.1) is 0 Å². The third kappa shape index (κ3) is 3.77. The van der Waals surface area contributed by atoms with Gasteiger partial charge in [-0.2, -0.15) is 4.98 Å². The van der Waals surface area contributed by atoms with Crippen LogP contribution in [0.1, 0.15) is 50.7 Å². The highest BCUT2D eigenvalue weighted by Crippen LogP contribution is 2.34. The van der Waals surface area contributed by atoms with Crippen molar-refractivity contribution in [1.82, 2.24) is 15.0 Å². The molecule has 27 heavy (non-hydrogen) atoms. The minimum Gasteiger partial charge on any atom is -0.477 e. The largest absolute Gasteiger partial charge is 0.477 e. The van der Waals surface area contributed by atoms with Gasteiger partial charge in [0.1, 0.15) is 5.75 Å². The van der Waals surface area contributed by atoms with Gasteiger partial charge in [0.15, 0.2) is 11.9 Å². The average Bonchev–Trinajstić information content (AvgIpc) is 3.17. The number of para-hydroxylation sites is 2. The summed E-state index contributed by atoms with van der Waals surface area (Å²) in [5.74, 6) is 2.27. The second kappa shape index (κ2) is 7.58. The molecule has 3 heterocycles. The van der Waals surface area contributed by atoms with Crippen molar-refractivity contribution in [2.75, 3.05) is 24.5 Å². The number of nitrogens with zero attached hydrogens (tertiary/aromatic N) is 4. The van der Waals surface area contributed by atoms with Crippen LogP contribution in [0.2, 0.25) is 0 Å². The molecule has 2 aliphatic rings. The van der Waals surface area contributed by atoms with E-state index < -0.39 is 6.10 Å². The van der Waals surface area contributed by atoms with E-state index in [1.54, 1.807) is 0 Å². The molecule has 0 N–H and O–H groups in total. The smallest absolute Gasteiger partial charge is 0.265 e. The fourth-order valence-electron chi connectivity index (χ4n) is 3.63. The van der Waals surface area contributed by atoms with Gasteiger partial charge in [0.25, 0.3) is 5.91 Å². The molecular weight excluding hydrogens is 344 g/mol. The first-order chi connectivity index (χ1) is 13.1. The Morgan fingerprint density at radius 3 is 2.74 bits per heavy atom. The Morgan fingerprint density at radius 1 is 1.22 bits per heavy atom. The van der Waals surface area contributed by atoms with Crippen molar-refractivity contribution in [2.24, 2.45) is 0 Å². The molecule has 1 atom stereocenters. The standard InChI is InChI=1S/C20H26N4O3/c1-14(2)19-21-18(27-22-19)13-24-12-17(20(25)23-10-6-3-7-11-23)26-16-9-5-4-8-15(16)24/h4-5,8-9,14,17H,3,6-7,10-13H2,1-2H3. The molecule has 144 valence electrons. The topological polar surface area (TPSA) is 71.7 Å². The lowest BCUT2D eigenvalue weighted by Crippen LogP contribution is -2.51. The van der Waals surface area contributed by atoms with Crippen molar-refractivity contribution in [3.8, 4) is 5.75 Å². The van der Waals surface area contributed by atoms with Crippen LogP contribution >= 0.6 is 0 Å². The van der Waals surface area contributed by atoms with E-state index in [-0.39, 0.29) is 11.8 Å². The Kier molecular flexibility index (Phi) is 5.01. The lowest BCUT2D eigenvalue weighted by Gasteiger charge is -2.37. The molecule has 2 aromatic rings. The SMILES string of the molecule is CC(C)c1noc(CN2CC(C(=O)N3CCCCC3)Oc3ccccc32)n1. The maximum atomic E-state index is 13.0. The molecule has 0 saturated carbocycles. The summed E-state index contributed by atoms with van der Waals surface area (Å²) in [6, 6.07) is 7.80. The predicted molar refractivity (Wildman–Crippen MR) is 101 cm³/mol. The van der Waals surface area contributed by atoms with Gasteiger partial charge in [-0.3, -0.25) is 4.79 Å². The summed E-state index contributed by atoms with van der Waals surface area (Å²) in [4.78, 5) is 21.5. The van der Waals surface area contributed by atoms with E-state index in [2.05, 4.69) is 15.0 Å². The van der Waals surface area contributed by atoms with Crippen LogP contribution in [-0.2, 0) is 11.3 Å². The average molecular weight is 370 g/mol. The highest BCUT2D eigenvalue weighted by atomic mass is 16.5. The van der Waals surface area contributed by atoms with Crippen LogP contribution in [-0.4, -0.2) is 46.7 Å². The van der Waals surface area contributed by atoms with Crippen molar-refractivity contribution in [1.29, 1.82) is 0 Å². The Morgan fingerprint density at radius 2 is 2.00 bits per heavy atom. The molecule has 1 unspecified atom stereocenters. The lowest BCUT2D eigenvalue weighted by atomic mass is 10.1. The van der Waals surface area contributed by atoms with Gasteiger partial charge in [0, 0.05) is 19.0 Å². The first-order valence-electron chi connectivity index (χ1n) is 9.73. The zero-order chi connectivity index (χ0) is 18.8. The second-order valence-corrected chi connectivity index (χ2v) is 7.54. The van der Waals surface area contributed by atoms with E-state index in [0.717, 1.165) is 37.4 Å². The molecule has 1 aromatic heterocycles. The fraction of sp³-hybridized carbons (Fsp3) is 0.550. The lowest BCUT2D eigenvalue weighted by molar-refractivity contribution is -0.139. The first kappa shape index (κ1) is 17.8. The minimum atomic E-state index is -0.509. The summed E-state index contributed by atoms with van der Waals surface area (Å²) in [6.07, 6.45) is 2.82. The summed E-state index contributed by atoms with van der Waals surface area (Å²) >= 11 is 0. The Bertz CT molecular complexity index is 798. The van der Waals surface area contributed by atoms with Crippen molar-refractivity contribution in [3.63, 3.8) is 0 Å². The van der Waals surface area contributed by atoms with Gasteiger partial charge in [-0.15, -0.1) is 0 Å². The zero-order valence-electron chi connectivity index (χ0n) is 15.9. The molecule has 0 aliphatic carbocycles. The minimum absolute atomic E-state index is 0.0719. The quantitative estimate of drug-likeness (QED) is 0.824. The van der Waals surface area contributed by atoms with Crippen molar-refractivity contribution in [3.05, 3.63) is 36.0 Å². The van der Waals surface area contributed by atoms with Crippen molar-refractivity contribution >= 4 is 11.6 Å². The maximum absolute atomic E-state index is 13.0. The van der Waals surface area contributed by atoms with Gasteiger partial charge in [0.2, 0.25) is 5.89 Å². The second-order valence-electron chi connectivity index (χ2n) is 7.54. The molecule has 0 spiro atoms. The Hall–Kier alpha value is -2.57. The van der Waals surface area contributed by atoms with Gasteiger partial charge in [-0.25, -0.2) is 0 Å². The van der Waals surface area contributed by atoms with E-state index in [9.17, 15) is 4.79 Å². The number of amides is 1. The first-order valence-corrected chi connectivity index (χ1v) is 9.73. The number of hydrogen-bond acceptors (Lipinski definition) is 6. The van der Waals surface area contributed by atoms with Crippen LogP contribution in [0.25, 0.3) is 0 Å². The number of fused-ring (bicyclic) bond motifs is 1. The molecule has 1 aromatic carbocycles. The maximum Gasteiger partial charge on any atom is 0.265 e. The van der Waals surface area contributed by atoms with Crippen LogP contribution in [0.3, 0.4) is 0 Å². The number of anilines is 1. The number of ether oxygens (including phenoxy) is 1. The molecule has 0 radical (unpaired) electrons. The zero-order valence-corrected chi connectivity index (χ0v) is 15.9. The van der Waals surface area contributed by atoms with E-state index in [1.165, 1.54) is 6.42 Å². The van der Waals surface area contributed by atoms with Crippen LogP contribution in [0.5, 0.6) is 5.75 Å². The third-order valence-electron chi connectivity index (χ3n) is 5.13. The number of carbonyl (C=O) groups is 1. The number of carbonyl (C=O) groups excluding carboxylic acids is 1. The summed E-state index contributed by atoms with van der Waals surface area (Å²) in [7, 11) is 0. The summed E-state index contributed by atoms with van der Waals surface area (Å²) in [5, 5.41) is 4.05. The molecule has 0 bridgehead atoms. The van der Waals surface area contributed by atoms with E-state index in [4.69, 9.17) is 9.26 Å². The highest BCUT2D eigenvalue weighted by molar-refractivity contribution is 5.83. The Labute approximate surface area is 159 Å². The third-order valence-corrected chi connectivity index (χ3v) is 5.13. The van der Waals surface area contributed by atoms with Crippen LogP contribution in [0.15, 0.2) is 28.8 Å². The summed E-state index contributed by atoms with van der Waals surface area (Å²) < 4.78 is 11.5.